The van der Waals surface area contributed by atoms with Crippen molar-refractivity contribution in [3.8, 4) is 5.75 Å². The Bertz CT molecular complexity index is 594. The highest BCUT2D eigenvalue weighted by Gasteiger charge is 2.14. The number of hydrogen-bond donors (Lipinski definition) is 0. The van der Waals surface area contributed by atoms with E-state index in [1.54, 1.807) is 24.3 Å². The van der Waals surface area contributed by atoms with Crippen LogP contribution in [-0.2, 0) is 21.5 Å². The van der Waals surface area contributed by atoms with Gasteiger partial charge in [0.1, 0.15) is 5.75 Å². The van der Waals surface area contributed by atoms with E-state index in [2.05, 4.69) is 13.8 Å². The van der Waals surface area contributed by atoms with E-state index in [1.807, 2.05) is 11.8 Å². The highest BCUT2D eigenvalue weighted by Crippen LogP contribution is 2.16. The Morgan fingerprint density at radius 1 is 1.22 bits per heavy atom. The van der Waals surface area contributed by atoms with Crippen molar-refractivity contribution in [3.05, 3.63) is 29.8 Å². The van der Waals surface area contributed by atoms with Crippen molar-refractivity contribution >= 4 is 16.0 Å². The van der Waals surface area contributed by atoms with Crippen molar-refractivity contribution in [3.63, 3.8) is 0 Å². The third-order valence-corrected chi connectivity index (χ3v) is 3.83. The molecule has 1 aromatic carbocycles. The minimum atomic E-state index is -3.52. The van der Waals surface area contributed by atoms with Crippen LogP contribution in [0.15, 0.2) is 24.3 Å². The Hall–Kier alpha value is -1.56. The van der Waals surface area contributed by atoms with Gasteiger partial charge in [0, 0.05) is 19.5 Å². The summed E-state index contributed by atoms with van der Waals surface area (Å²) >= 11 is 0. The van der Waals surface area contributed by atoms with Gasteiger partial charge < -0.3 is 9.08 Å². The van der Waals surface area contributed by atoms with Gasteiger partial charge in [0.2, 0.25) is 5.91 Å². The summed E-state index contributed by atoms with van der Waals surface area (Å²) in [7, 11) is -3.52. The molecule has 0 atom stereocenters. The highest BCUT2D eigenvalue weighted by atomic mass is 32.2. The number of benzene rings is 1. The summed E-state index contributed by atoms with van der Waals surface area (Å²) in [5.74, 6) is 0.979. The molecule has 0 unspecified atom stereocenters. The van der Waals surface area contributed by atoms with E-state index in [1.165, 1.54) is 0 Å². The zero-order valence-electron chi connectivity index (χ0n) is 14.4. The number of carbonyl (C=O) groups excluding carboxylic acids is 1. The van der Waals surface area contributed by atoms with E-state index in [0.717, 1.165) is 31.2 Å². The first-order valence-electron chi connectivity index (χ1n) is 7.97. The number of rotatable bonds is 9. The normalized spacial score (nSPS) is 11.5. The van der Waals surface area contributed by atoms with Crippen LogP contribution in [0.4, 0.5) is 0 Å². The van der Waals surface area contributed by atoms with Crippen molar-refractivity contribution < 1.29 is 17.4 Å². The molecule has 0 N–H and O–H groups in total. The van der Waals surface area contributed by atoms with Crippen molar-refractivity contribution in [2.75, 3.05) is 12.8 Å². The predicted molar refractivity (Wildman–Crippen MR) is 91.7 cm³/mol. The minimum absolute atomic E-state index is 0.157. The van der Waals surface area contributed by atoms with E-state index >= 15 is 0 Å². The topological polar surface area (TPSA) is 63.7 Å². The molecule has 1 rings (SSSR count). The Labute approximate surface area is 139 Å². The molecule has 0 saturated carbocycles. The van der Waals surface area contributed by atoms with Crippen molar-refractivity contribution in [2.45, 2.75) is 46.6 Å². The van der Waals surface area contributed by atoms with Gasteiger partial charge in [0.15, 0.2) is 0 Å². The molecule has 0 saturated heterocycles. The number of nitrogens with zero attached hydrogens (tertiary/aromatic N) is 1. The average molecular weight is 341 g/mol. The van der Waals surface area contributed by atoms with Gasteiger partial charge in [0.25, 0.3) is 0 Å². The molecule has 0 aliphatic heterocycles. The van der Waals surface area contributed by atoms with Gasteiger partial charge in [0.05, 0.1) is 6.26 Å². The molecule has 6 heteroatoms. The molecule has 0 heterocycles. The zero-order valence-corrected chi connectivity index (χ0v) is 15.2. The van der Waals surface area contributed by atoms with Gasteiger partial charge in [-0.3, -0.25) is 4.79 Å². The summed E-state index contributed by atoms with van der Waals surface area (Å²) in [6, 6.07) is 6.81. The molecule has 1 aromatic rings. The summed E-state index contributed by atoms with van der Waals surface area (Å²) in [6.45, 7) is 7.54. The van der Waals surface area contributed by atoms with Crippen LogP contribution >= 0.6 is 0 Å². The van der Waals surface area contributed by atoms with Gasteiger partial charge >= 0.3 is 10.1 Å². The van der Waals surface area contributed by atoms with Crippen molar-refractivity contribution in [1.29, 1.82) is 0 Å². The molecule has 0 aliphatic rings. The SMILES string of the molecule is CCCC(=O)N(CCC(C)C)Cc1ccc(OS(C)(=O)=O)cc1. The lowest BCUT2D eigenvalue weighted by molar-refractivity contribution is -0.132. The van der Waals surface area contributed by atoms with Crippen LogP contribution in [0, 0.1) is 5.92 Å². The smallest absolute Gasteiger partial charge is 0.306 e. The highest BCUT2D eigenvalue weighted by molar-refractivity contribution is 7.86. The number of amides is 1. The summed E-state index contributed by atoms with van der Waals surface area (Å²) in [4.78, 5) is 14.1. The second-order valence-electron chi connectivity index (χ2n) is 6.18. The average Bonchev–Trinajstić information content (AvgIpc) is 2.43. The van der Waals surface area contributed by atoms with Gasteiger partial charge in [-0.1, -0.05) is 32.9 Å². The second kappa shape index (κ2) is 8.91. The number of carbonyl (C=O) groups is 1. The Morgan fingerprint density at radius 2 is 1.83 bits per heavy atom. The van der Waals surface area contributed by atoms with Crippen LogP contribution in [0.5, 0.6) is 5.75 Å². The fourth-order valence-corrected chi connectivity index (χ4v) is 2.58. The Kier molecular flexibility index (Phi) is 7.55. The fourth-order valence-electron chi connectivity index (χ4n) is 2.12. The van der Waals surface area contributed by atoms with Crippen molar-refractivity contribution in [2.24, 2.45) is 5.92 Å². The monoisotopic (exact) mass is 341 g/mol. The minimum Gasteiger partial charge on any atom is -0.383 e. The van der Waals surface area contributed by atoms with E-state index in [4.69, 9.17) is 4.18 Å². The first-order chi connectivity index (χ1) is 10.7. The summed E-state index contributed by atoms with van der Waals surface area (Å²) in [5, 5.41) is 0. The van der Waals surface area contributed by atoms with Crippen LogP contribution < -0.4 is 4.18 Å². The van der Waals surface area contributed by atoms with Gasteiger partial charge in [-0.2, -0.15) is 8.42 Å². The maximum atomic E-state index is 12.2. The Balaban J connectivity index is 2.76. The first-order valence-corrected chi connectivity index (χ1v) is 9.79. The van der Waals surface area contributed by atoms with Gasteiger partial charge in [-0.15, -0.1) is 0 Å². The molecule has 0 bridgehead atoms. The summed E-state index contributed by atoms with van der Waals surface area (Å²) < 4.78 is 27.0. The van der Waals surface area contributed by atoms with Crippen LogP contribution in [0.25, 0.3) is 0 Å². The van der Waals surface area contributed by atoms with Crippen LogP contribution in [0.1, 0.15) is 45.6 Å². The standard InChI is InChI=1S/C17H27NO4S/c1-5-6-17(19)18(12-11-14(2)3)13-15-7-9-16(10-8-15)22-23(4,20)21/h7-10,14H,5-6,11-13H2,1-4H3. The molecule has 0 spiro atoms. The van der Waals surface area contributed by atoms with Crippen LogP contribution in [-0.4, -0.2) is 32.0 Å². The lowest BCUT2D eigenvalue weighted by Crippen LogP contribution is -2.31. The summed E-state index contributed by atoms with van der Waals surface area (Å²) in [5.41, 5.74) is 0.957. The third-order valence-electron chi connectivity index (χ3n) is 3.34. The molecule has 5 nitrogen and oxygen atoms in total. The number of hydrogen-bond acceptors (Lipinski definition) is 4. The van der Waals surface area contributed by atoms with Crippen LogP contribution in [0.2, 0.25) is 0 Å². The largest absolute Gasteiger partial charge is 0.383 e. The van der Waals surface area contributed by atoms with Gasteiger partial charge in [-0.25, -0.2) is 0 Å². The maximum absolute atomic E-state index is 12.2. The van der Waals surface area contributed by atoms with Crippen LogP contribution in [0.3, 0.4) is 0 Å². The molecule has 0 aromatic heterocycles. The molecular formula is C17H27NO4S. The predicted octanol–water partition coefficient (Wildman–Crippen LogP) is 3.20. The maximum Gasteiger partial charge on any atom is 0.306 e. The molecular weight excluding hydrogens is 314 g/mol. The fraction of sp³-hybridized carbons (Fsp3) is 0.588. The first kappa shape index (κ1) is 19.5. The molecule has 0 radical (unpaired) electrons. The van der Waals surface area contributed by atoms with Crippen molar-refractivity contribution in [1.82, 2.24) is 4.90 Å². The molecule has 130 valence electrons. The zero-order chi connectivity index (χ0) is 17.5. The lowest BCUT2D eigenvalue weighted by Gasteiger charge is -2.24. The quantitative estimate of drug-likeness (QED) is 0.647. The van der Waals surface area contributed by atoms with Gasteiger partial charge in [-0.05, 0) is 36.5 Å². The second-order valence-corrected chi connectivity index (χ2v) is 7.75. The molecule has 1 amide bonds. The lowest BCUT2D eigenvalue weighted by atomic mass is 10.1. The van der Waals surface area contributed by atoms with E-state index < -0.39 is 10.1 Å². The van der Waals surface area contributed by atoms with E-state index in [0.29, 0.717) is 18.9 Å². The van der Waals surface area contributed by atoms with E-state index in [9.17, 15) is 13.2 Å². The Morgan fingerprint density at radius 3 is 2.30 bits per heavy atom. The summed E-state index contributed by atoms with van der Waals surface area (Å²) in [6.07, 6.45) is 3.36. The molecule has 0 fully saturated rings. The molecule has 23 heavy (non-hydrogen) atoms. The van der Waals surface area contributed by atoms with E-state index in [-0.39, 0.29) is 11.7 Å². The molecule has 0 aliphatic carbocycles. The third kappa shape index (κ3) is 8.02.